The Hall–Kier alpha value is -0.643. The Kier molecular flexibility index (Phi) is 5.82. The molecule has 1 aromatic carbocycles. The van der Waals surface area contributed by atoms with Crippen LogP contribution in [0.5, 0.6) is 0 Å². The summed E-state index contributed by atoms with van der Waals surface area (Å²) in [6.45, 7) is 11.2. The van der Waals surface area contributed by atoms with Crippen molar-refractivity contribution in [1.29, 1.82) is 0 Å². The van der Waals surface area contributed by atoms with Gasteiger partial charge in [0.2, 0.25) is 0 Å². The fourth-order valence-electron chi connectivity index (χ4n) is 3.19. The lowest BCUT2D eigenvalue weighted by Crippen LogP contribution is -2.40. The highest BCUT2D eigenvalue weighted by Gasteiger charge is 2.28. The first-order valence-corrected chi connectivity index (χ1v) is 10.7. The number of rotatable bonds is 7. The Balaban J connectivity index is 1.81. The standard InChI is InChI=1S/C17H29NOSi/c1-4-20(5-2,6-3)19-14-13-18-12-11-16-9-7-8-10-17(16)15-18/h7-10H,4-6,11-15H2,1-3H3. The van der Waals surface area contributed by atoms with Crippen LogP contribution in [0.4, 0.5) is 0 Å². The summed E-state index contributed by atoms with van der Waals surface area (Å²) in [5.41, 5.74) is 3.03. The van der Waals surface area contributed by atoms with Gasteiger partial charge in [-0.3, -0.25) is 4.90 Å². The number of hydrogen-bond acceptors (Lipinski definition) is 2. The number of nitrogens with zero attached hydrogens (tertiary/aromatic N) is 1. The number of hydrogen-bond donors (Lipinski definition) is 0. The summed E-state index contributed by atoms with van der Waals surface area (Å²) in [6, 6.07) is 12.6. The molecule has 1 aliphatic rings. The monoisotopic (exact) mass is 291 g/mol. The predicted octanol–water partition coefficient (Wildman–Crippen LogP) is 4.07. The first-order valence-electron chi connectivity index (χ1n) is 8.16. The van der Waals surface area contributed by atoms with E-state index in [1.165, 1.54) is 42.2 Å². The van der Waals surface area contributed by atoms with Crippen LogP contribution in [0.1, 0.15) is 31.9 Å². The van der Waals surface area contributed by atoms with Crippen LogP contribution in [0, 0.1) is 0 Å². The summed E-state index contributed by atoms with van der Waals surface area (Å²) in [5.74, 6) is 0. The Morgan fingerprint density at radius 2 is 1.70 bits per heavy atom. The van der Waals surface area contributed by atoms with Gasteiger partial charge in [0.05, 0.1) is 0 Å². The van der Waals surface area contributed by atoms with Gasteiger partial charge in [0, 0.05) is 26.2 Å². The van der Waals surface area contributed by atoms with Crippen LogP contribution in [0.3, 0.4) is 0 Å². The lowest BCUT2D eigenvalue weighted by atomic mass is 10.0. The van der Waals surface area contributed by atoms with Crippen molar-refractivity contribution in [2.75, 3.05) is 19.7 Å². The Morgan fingerprint density at radius 3 is 2.35 bits per heavy atom. The van der Waals surface area contributed by atoms with Crippen LogP contribution < -0.4 is 0 Å². The molecule has 0 unspecified atom stereocenters. The first-order chi connectivity index (χ1) is 9.73. The first kappa shape index (κ1) is 15.7. The molecule has 1 heterocycles. The van der Waals surface area contributed by atoms with Crippen molar-refractivity contribution in [1.82, 2.24) is 4.90 Å². The number of fused-ring (bicyclic) bond motifs is 1. The highest BCUT2D eigenvalue weighted by Crippen LogP contribution is 2.22. The molecule has 0 aliphatic carbocycles. The van der Waals surface area contributed by atoms with Crippen molar-refractivity contribution >= 4 is 8.32 Å². The minimum Gasteiger partial charge on any atom is -0.416 e. The highest BCUT2D eigenvalue weighted by atomic mass is 28.4. The molecule has 0 saturated heterocycles. The lowest BCUT2D eigenvalue weighted by Gasteiger charge is -2.32. The highest BCUT2D eigenvalue weighted by molar-refractivity contribution is 6.73. The van der Waals surface area contributed by atoms with Crippen LogP contribution in [-0.4, -0.2) is 32.9 Å². The summed E-state index contributed by atoms with van der Waals surface area (Å²) >= 11 is 0. The molecule has 0 bridgehead atoms. The van der Waals surface area contributed by atoms with E-state index in [1.54, 1.807) is 0 Å². The van der Waals surface area contributed by atoms with Gasteiger partial charge >= 0.3 is 0 Å². The molecule has 0 N–H and O–H groups in total. The van der Waals surface area contributed by atoms with E-state index in [2.05, 4.69) is 49.9 Å². The molecule has 20 heavy (non-hydrogen) atoms. The van der Waals surface area contributed by atoms with Crippen LogP contribution in [0.2, 0.25) is 18.1 Å². The summed E-state index contributed by atoms with van der Waals surface area (Å²) < 4.78 is 6.37. The van der Waals surface area contributed by atoms with E-state index in [0.717, 1.165) is 19.7 Å². The quantitative estimate of drug-likeness (QED) is 0.702. The van der Waals surface area contributed by atoms with Gasteiger partial charge in [0.25, 0.3) is 0 Å². The Morgan fingerprint density at radius 1 is 1.05 bits per heavy atom. The lowest BCUT2D eigenvalue weighted by molar-refractivity contribution is 0.189. The second-order valence-electron chi connectivity index (χ2n) is 5.89. The summed E-state index contributed by atoms with van der Waals surface area (Å²) in [4.78, 5) is 2.54. The summed E-state index contributed by atoms with van der Waals surface area (Å²) in [6.07, 6.45) is 1.19. The fourth-order valence-corrected chi connectivity index (χ4v) is 5.83. The number of benzene rings is 1. The van der Waals surface area contributed by atoms with Crippen LogP contribution in [0.15, 0.2) is 24.3 Å². The van der Waals surface area contributed by atoms with E-state index in [9.17, 15) is 0 Å². The maximum Gasteiger partial charge on any atom is 0.192 e. The van der Waals surface area contributed by atoms with Gasteiger partial charge in [-0.05, 0) is 35.7 Å². The van der Waals surface area contributed by atoms with Crippen molar-refractivity contribution in [2.24, 2.45) is 0 Å². The van der Waals surface area contributed by atoms with E-state index in [0.29, 0.717) is 0 Å². The molecule has 0 spiro atoms. The van der Waals surface area contributed by atoms with E-state index >= 15 is 0 Å². The molecule has 0 amide bonds. The van der Waals surface area contributed by atoms with E-state index < -0.39 is 8.32 Å². The molecule has 3 heteroatoms. The SMILES string of the molecule is CC[Si](CC)(CC)OCCN1CCc2ccccc2C1. The largest absolute Gasteiger partial charge is 0.416 e. The topological polar surface area (TPSA) is 12.5 Å². The van der Waals surface area contributed by atoms with Crippen LogP contribution in [-0.2, 0) is 17.4 Å². The molecule has 0 saturated carbocycles. The van der Waals surface area contributed by atoms with Crippen molar-refractivity contribution in [3.63, 3.8) is 0 Å². The predicted molar refractivity (Wildman–Crippen MR) is 88.6 cm³/mol. The maximum absolute atomic E-state index is 6.37. The molecule has 1 aliphatic heterocycles. The third kappa shape index (κ3) is 3.71. The van der Waals surface area contributed by atoms with E-state index in [4.69, 9.17) is 4.43 Å². The van der Waals surface area contributed by atoms with Crippen molar-refractivity contribution < 1.29 is 4.43 Å². The average Bonchev–Trinajstić information content (AvgIpc) is 2.52. The minimum atomic E-state index is -1.40. The van der Waals surface area contributed by atoms with E-state index in [1.807, 2.05) is 0 Å². The molecular formula is C17H29NOSi. The van der Waals surface area contributed by atoms with Gasteiger partial charge in [-0.2, -0.15) is 0 Å². The van der Waals surface area contributed by atoms with Crippen LogP contribution >= 0.6 is 0 Å². The van der Waals surface area contributed by atoms with Crippen molar-refractivity contribution in [3.8, 4) is 0 Å². The molecule has 2 rings (SSSR count). The summed E-state index contributed by atoms with van der Waals surface area (Å²) in [7, 11) is -1.40. The third-order valence-electron chi connectivity index (χ3n) is 4.96. The molecule has 0 atom stereocenters. The molecule has 2 nitrogen and oxygen atoms in total. The molecule has 0 fully saturated rings. The van der Waals surface area contributed by atoms with Crippen LogP contribution in [0.25, 0.3) is 0 Å². The summed E-state index contributed by atoms with van der Waals surface area (Å²) in [5, 5.41) is 0. The van der Waals surface area contributed by atoms with Crippen molar-refractivity contribution in [3.05, 3.63) is 35.4 Å². The van der Waals surface area contributed by atoms with Crippen molar-refractivity contribution in [2.45, 2.75) is 51.9 Å². The Bertz CT molecular complexity index is 409. The van der Waals surface area contributed by atoms with Gasteiger partial charge < -0.3 is 4.43 Å². The van der Waals surface area contributed by atoms with Gasteiger partial charge in [-0.25, -0.2) is 0 Å². The normalized spacial score (nSPS) is 16.1. The van der Waals surface area contributed by atoms with Gasteiger partial charge in [-0.1, -0.05) is 45.0 Å². The zero-order chi connectivity index (χ0) is 14.4. The second-order valence-corrected chi connectivity index (χ2v) is 10.7. The molecular weight excluding hydrogens is 262 g/mol. The zero-order valence-electron chi connectivity index (χ0n) is 13.3. The van der Waals surface area contributed by atoms with Gasteiger partial charge in [0.1, 0.15) is 0 Å². The van der Waals surface area contributed by atoms with E-state index in [-0.39, 0.29) is 0 Å². The minimum absolute atomic E-state index is 0.921. The smallest absolute Gasteiger partial charge is 0.192 e. The average molecular weight is 292 g/mol. The molecule has 0 aromatic heterocycles. The van der Waals surface area contributed by atoms with Gasteiger partial charge in [-0.15, -0.1) is 0 Å². The molecule has 112 valence electrons. The third-order valence-corrected chi connectivity index (χ3v) is 9.64. The zero-order valence-corrected chi connectivity index (χ0v) is 14.3. The van der Waals surface area contributed by atoms with Gasteiger partial charge in [0.15, 0.2) is 8.32 Å². The maximum atomic E-state index is 6.37. The molecule has 0 radical (unpaired) electrons. The Labute approximate surface area is 125 Å². The molecule has 1 aromatic rings. The second kappa shape index (κ2) is 7.39. The fraction of sp³-hybridized carbons (Fsp3) is 0.647.